The third-order valence-electron chi connectivity index (χ3n) is 6.03. The van der Waals surface area contributed by atoms with Gasteiger partial charge in [-0.15, -0.1) is 0 Å². The number of hydrogen-bond donors (Lipinski definition) is 0. The lowest BCUT2D eigenvalue weighted by atomic mass is 10.1. The van der Waals surface area contributed by atoms with Gasteiger partial charge >= 0.3 is 0 Å². The highest BCUT2D eigenvalue weighted by atomic mass is 15.1. The van der Waals surface area contributed by atoms with Crippen molar-refractivity contribution in [1.29, 1.82) is 21.0 Å². The highest BCUT2D eigenvalue weighted by Gasteiger charge is 2.07. The predicted molar refractivity (Wildman–Crippen MR) is 159 cm³/mol. The molecule has 0 aromatic heterocycles. The highest BCUT2D eigenvalue weighted by Crippen LogP contribution is 2.16. The molecule has 3 aromatic carbocycles. The Hall–Kier alpha value is -5.82. The van der Waals surface area contributed by atoms with Gasteiger partial charge in [0.25, 0.3) is 0 Å². The molecule has 0 aliphatic rings. The normalized spacial score (nSPS) is 10.8. The number of benzene rings is 3. The van der Waals surface area contributed by atoms with Gasteiger partial charge in [-0.3, -0.25) is 0 Å². The molecular formula is C35H30N6. The molecule has 0 saturated heterocycles. The van der Waals surface area contributed by atoms with Crippen molar-refractivity contribution in [2.75, 3.05) is 0 Å². The Bertz CT molecular complexity index is 1540. The van der Waals surface area contributed by atoms with Crippen LogP contribution in [-0.4, -0.2) is 9.80 Å². The molecule has 200 valence electrons. The number of nitrogens with zero attached hydrogens (tertiary/aromatic N) is 6. The third kappa shape index (κ3) is 10.8. The van der Waals surface area contributed by atoms with E-state index >= 15 is 0 Å². The molecule has 6 nitrogen and oxygen atoms in total. The highest BCUT2D eigenvalue weighted by molar-refractivity contribution is 5.38. The summed E-state index contributed by atoms with van der Waals surface area (Å²) in [6, 6.07) is 36.6. The standard InChI is InChI=1S/C35H30N6/c36-19-18-30(23-37)16-8-20-40(26-31-10-3-1-4-11-31)28-33-14-7-15-34(22-33)29-41(21-9-17-35(24-38)25-39)27-32-12-5-2-6-13-32/h1-17,20-22H,18,26-29H2/b20-8+,21-9+,30-16-. The summed E-state index contributed by atoms with van der Waals surface area (Å²) in [5.74, 6) is 0. The first kappa shape index (κ1) is 29.7. The molecule has 0 N–H and O–H groups in total. The van der Waals surface area contributed by atoms with Gasteiger partial charge in [0.05, 0.1) is 18.6 Å². The van der Waals surface area contributed by atoms with Crippen LogP contribution in [0.2, 0.25) is 0 Å². The molecule has 0 aliphatic heterocycles. The SMILES string of the molecule is N#CC/C(C#N)=C/C=C/N(Cc1ccccc1)Cc1cccc(CN(/C=C/C=C(C#N)C#N)Cc2ccccc2)c1. The fourth-order valence-electron chi connectivity index (χ4n) is 4.12. The van der Waals surface area contributed by atoms with E-state index in [2.05, 4.69) is 58.3 Å². The molecule has 0 bridgehead atoms. The summed E-state index contributed by atoms with van der Waals surface area (Å²) in [6.45, 7) is 2.64. The molecule has 0 atom stereocenters. The van der Waals surface area contributed by atoms with Crippen LogP contribution in [0.1, 0.15) is 28.7 Å². The Morgan fingerprint density at radius 2 is 1.02 bits per heavy atom. The van der Waals surface area contributed by atoms with E-state index in [4.69, 9.17) is 15.8 Å². The van der Waals surface area contributed by atoms with E-state index in [0.29, 0.717) is 31.8 Å². The Morgan fingerprint density at radius 3 is 1.49 bits per heavy atom. The summed E-state index contributed by atoms with van der Waals surface area (Å²) in [5.41, 5.74) is 5.04. The van der Waals surface area contributed by atoms with Crippen LogP contribution < -0.4 is 0 Å². The van der Waals surface area contributed by atoms with Gasteiger partial charge in [0, 0.05) is 31.8 Å². The first-order chi connectivity index (χ1) is 20.1. The Morgan fingerprint density at radius 1 is 0.561 bits per heavy atom. The summed E-state index contributed by atoms with van der Waals surface area (Å²) in [6.07, 6.45) is 10.7. The molecule has 6 heteroatoms. The van der Waals surface area contributed by atoms with Crippen molar-refractivity contribution < 1.29 is 0 Å². The molecular weight excluding hydrogens is 504 g/mol. The van der Waals surface area contributed by atoms with E-state index in [-0.39, 0.29) is 12.0 Å². The van der Waals surface area contributed by atoms with Crippen LogP contribution in [0.25, 0.3) is 0 Å². The Kier molecular flexibility index (Phi) is 12.3. The fraction of sp³-hybridized carbons (Fsp3) is 0.143. The van der Waals surface area contributed by atoms with Gasteiger partial charge in [-0.2, -0.15) is 21.0 Å². The average Bonchev–Trinajstić information content (AvgIpc) is 3.00. The van der Waals surface area contributed by atoms with E-state index < -0.39 is 0 Å². The number of rotatable bonds is 13. The predicted octanol–water partition coefficient (Wildman–Crippen LogP) is 7.06. The summed E-state index contributed by atoms with van der Waals surface area (Å²) in [5, 5.41) is 36.3. The van der Waals surface area contributed by atoms with Crippen molar-refractivity contribution in [3.63, 3.8) is 0 Å². The lowest BCUT2D eigenvalue weighted by Crippen LogP contribution is -2.18. The maximum atomic E-state index is 9.24. The van der Waals surface area contributed by atoms with Gasteiger partial charge in [0.2, 0.25) is 0 Å². The smallest absolute Gasteiger partial charge is 0.129 e. The zero-order chi connectivity index (χ0) is 29.1. The summed E-state index contributed by atoms with van der Waals surface area (Å²) in [7, 11) is 0. The Balaban J connectivity index is 1.82. The van der Waals surface area contributed by atoms with E-state index in [1.54, 1.807) is 12.2 Å². The first-order valence-corrected chi connectivity index (χ1v) is 13.1. The molecule has 0 unspecified atom stereocenters. The van der Waals surface area contributed by atoms with Crippen molar-refractivity contribution >= 4 is 0 Å². The number of hydrogen-bond acceptors (Lipinski definition) is 6. The molecule has 41 heavy (non-hydrogen) atoms. The Labute approximate surface area is 242 Å². The van der Waals surface area contributed by atoms with Gasteiger partial charge in [-0.25, -0.2) is 0 Å². The van der Waals surface area contributed by atoms with Crippen LogP contribution in [0.5, 0.6) is 0 Å². The average molecular weight is 535 g/mol. The molecule has 0 amide bonds. The van der Waals surface area contributed by atoms with E-state index in [0.717, 1.165) is 22.3 Å². The van der Waals surface area contributed by atoms with Crippen molar-refractivity contribution in [3.8, 4) is 24.3 Å². The minimum atomic E-state index is 0.0545. The minimum Gasteiger partial charge on any atom is -0.369 e. The molecule has 0 heterocycles. The van der Waals surface area contributed by atoms with Crippen molar-refractivity contribution in [1.82, 2.24) is 9.80 Å². The van der Waals surface area contributed by atoms with Crippen molar-refractivity contribution in [3.05, 3.63) is 155 Å². The lowest BCUT2D eigenvalue weighted by molar-refractivity contribution is 0.356. The summed E-state index contributed by atoms with van der Waals surface area (Å²) >= 11 is 0. The largest absolute Gasteiger partial charge is 0.369 e. The van der Waals surface area contributed by atoms with E-state index in [1.165, 1.54) is 6.08 Å². The quantitative estimate of drug-likeness (QED) is 0.172. The van der Waals surface area contributed by atoms with Crippen LogP contribution in [-0.2, 0) is 26.2 Å². The minimum absolute atomic E-state index is 0.0545. The van der Waals surface area contributed by atoms with E-state index in [1.807, 2.05) is 79.1 Å². The van der Waals surface area contributed by atoms with Crippen LogP contribution in [0.4, 0.5) is 0 Å². The van der Waals surface area contributed by atoms with Gasteiger partial charge in [-0.05, 0) is 59.0 Å². The lowest BCUT2D eigenvalue weighted by Gasteiger charge is -2.23. The first-order valence-electron chi connectivity index (χ1n) is 13.1. The topological polar surface area (TPSA) is 102 Å². The van der Waals surface area contributed by atoms with Gasteiger partial charge in [0.1, 0.15) is 17.7 Å². The molecule has 3 rings (SSSR count). The van der Waals surface area contributed by atoms with Crippen molar-refractivity contribution in [2.45, 2.75) is 32.6 Å². The van der Waals surface area contributed by atoms with Crippen LogP contribution in [0.15, 0.2) is 133 Å². The molecule has 0 fully saturated rings. The second-order valence-corrected chi connectivity index (χ2v) is 9.23. The molecule has 0 saturated carbocycles. The van der Waals surface area contributed by atoms with Crippen LogP contribution >= 0.6 is 0 Å². The maximum absolute atomic E-state index is 9.24. The second kappa shape index (κ2) is 16.9. The summed E-state index contributed by atoms with van der Waals surface area (Å²) < 4.78 is 0. The zero-order valence-electron chi connectivity index (χ0n) is 22.8. The maximum Gasteiger partial charge on any atom is 0.129 e. The number of nitriles is 4. The number of allylic oxidation sites excluding steroid dienone is 6. The molecule has 3 aromatic rings. The van der Waals surface area contributed by atoms with Crippen LogP contribution in [0, 0.1) is 45.3 Å². The molecule has 0 aliphatic carbocycles. The second-order valence-electron chi connectivity index (χ2n) is 9.23. The van der Waals surface area contributed by atoms with E-state index in [9.17, 15) is 5.26 Å². The summed E-state index contributed by atoms with van der Waals surface area (Å²) in [4.78, 5) is 4.31. The monoisotopic (exact) mass is 534 g/mol. The van der Waals surface area contributed by atoms with Gasteiger partial charge < -0.3 is 9.80 Å². The van der Waals surface area contributed by atoms with Gasteiger partial charge in [0.15, 0.2) is 0 Å². The van der Waals surface area contributed by atoms with Crippen LogP contribution in [0.3, 0.4) is 0 Å². The zero-order valence-corrected chi connectivity index (χ0v) is 22.8. The fourth-order valence-corrected chi connectivity index (χ4v) is 4.12. The third-order valence-corrected chi connectivity index (χ3v) is 6.03. The molecule has 0 spiro atoms. The van der Waals surface area contributed by atoms with Crippen molar-refractivity contribution in [2.24, 2.45) is 0 Å². The van der Waals surface area contributed by atoms with Gasteiger partial charge in [-0.1, -0.05) is 84.9 Å². The molecule has 0 radical (unpaired) electrons.